The van der Waals surface area contributed by atoms with Crippen molar-refractivity contribution in [3.8, 4) is 22.5 Å². The van der Waals surface area contributed by atoms with Crippen LogP contribution in [0.1, 0.15) is 5.56 Å². The first-order valence-electron chi connectivity index (χ1n) is 11.9. The highest BCUT2D eigenvalue weighted by Crippen LogP contribution is 2.37. The van der Waals surface area contributed by atoms with Gasteiger partial charge in [0, 0.05) is 33.6 Å². The number of hydrogen-bond acceptors (Lipinski definition) is 2. The van der Waals surface area contributed by atoms with E-state index in [2.05, 4.69) is 121 Å². The predicted molar refractivity (Wildman–Crippen MR) is 147 cm³/mol. The highest BCUT2D eigenvalue weighted by atomic mass is 16.3. The summed E-state index contributed by atoms with van der Waals surface area (Å²) in [7, 11) is 0. The number of furan rings is 1. The predicted octanol–water partition coefficient (Wildman–Crippen LogP) is 9.55. The largest absolute Gasteiger partial charge is 0.456 e. The van der Waals surface area contributed by atoms with Crippen molar-refractivity contribution in [1.82, 2.24) is 0 Å². The van der Waals surface area contributed by atoms with E-state index >= 15 is 0 Å². The number of rotatable bonds is 5. The van der Waals surface area contributed by atoms with Gasteiger partial charge in [-0.25, -0.2) is 0 Å². The fourth-order valence-corrected chi connectivity index (χ4v) is 4.69. The van der Waals surface area contributed by atoms with Gasteiger partial charge in [-0.05, 0) is 66.6 Å². The van der Waals surface area contributed by atoms with Gasteiger partial charge >= 0.3 is 0 Å². The van der Waals surface area contributed by atoms with E-state index in [0.717, 1.165) is 34.0 Å². The molecule has 0 unspecified atom stereocenters. The molecular formula is C33H25NO. The molecule has 0 aliphatic rings. The maximum Gasteiger partial charge on any atom is 0.138 e. The third kappa shape index (κ3) is 4.00. The monoisotopic (exact) mass is 451 g/mol. The minimum Gasteiger partial charge on any atom is -0.456 e. The number of anilines is 3. The van der Waals surface area contributed by atoms with Crippen LogP contribution in [0.15, 0.2) is 138 Å². The third-order valence-corrected chi connectivity index (χ3v) is 6.46. The normalized spacial score (nSPS) is 11.0. The highest BCUT2D eigenvalue weighted by molar-refractivity contribution is 5.88. The van der Waals surface area contributed by atoms with Crippen LogP contribution in [0.3, 0.4) is 0 Å². The van der Waals surface area contributed by atoms with E-state index in [0.29, 0.717) is 0 Å². The van der Waals surface area contributed by atoms with Gasteiger partial charge in [0.25, 0.3) is 0 Å². The van der Waals surface area contributed by atoms with Crippen molar-refractivity contribution in [2.45, 2.75) is 6.92 Å². The van der Waals surface area contributed by atoms with Crippen LogP contribution >= 0.6 is 0 Å². The molecule has 6 rings (SSSR count). The number of nitrogens with zero attached hydrogens (tertiary/aromatic N) is 1. The maximum absolute atomic E-state index is 6.22. The Kier molecular flexibility index (Phi) is 5.40. The zero-order chi connectivity index (χ0) is 23.6. The fraction of sp³-hybridized carbons (Fsp3) is 0.0303. The van der Waals surface area contributed by atoms with Gasteiger partial charge < -0.3 is 9.32 Å². The summed E-state index contributed by atoms with van der Waals surface area (Å²) >= 11 is 0. The summed E-state index contributed by atoms with van der Waals surface area (Å²) in [5.41, 5.74) is 8.92. The Morgan fingerprint density at radius 3 is 1.71 bits per heavy atom. The summed E-state index contributed by atoms with van der Waals surface area (Å²) in [4.78, 5) is 2.28. The first-order valence-corrected chi connectivity index (χ1v) is 11.9. The summed E-state index contributed by atoms with van der Waals surface area (Å²) in [6.45, 7) is 2.13. The summed E-state index contributed by atoms with van der Waals surface area (Å²) in [6, 6.07) is 46.5. The van der Waals surface area contributed by atoms with E-state index in [4.69, 9.17) is 4.42 Å². The molecule has 2 heteroatoms. The van der Waals surface area contributed by atoms with E-state index < -0.39 is 0 Å². The summed E-state index contributed by atoms with van der Waals surface area (Å²) in [5, 5.41) is 1.17. The molecule has 0 amide bonds. The lowest BCUT2D eigenvalue weighted by Crippen LogP contribution is -2.09. The van der Waals surface area contributed by atoms with E-state index in [1.165, 1.54) is 22.1 Å². The van der Waals surface area contributed by atoms with Crippen LogP contribution in [0.4, 0.5) is 17.1 Å². The lowest BCUT2D eigenvalue weighted by molar-refractivity contribution is 0.629. The second-order valence-electron chi connectivity index (χ2n) is 8.69. The molecule has 2 nitrogen and oxygen atoms in total. The lowest BCUT2D eigenvalue weighted by atomic mass is 10.00. The second-order valence-corrected chi connectivity index (χ2v) is 8.69. The number of fused-ring (bicyclic) bond motifs is 1. The van der Waals surface area contributed by atoms with Gasteiger partial charge in [0.1, 0.15) is 11.3 Å². The Morgan fingerprint density at radius 2 is 1.06 bits per heavy atom. The van der Waals surface area contributed by atoms with Gasteiger partial charge in [0.2, 0.25) is 0 Å². The Hall–Kier alpha value is -4.56. The van der Waals surface area contributed by atoms with E-state index in [9.17, 15) is 0 Å². The molecule has 5 aromatic carbocycles. The zero-order valence-corrected chi connectivity index (χ0v) is 19.6. The van der Waals surface area contributed by atoms with Crippen molar-refractivity contribution >= 4 is 28.0 Å². The number of para-hydroxylation sites is 3. The highest BCUT2D eigenvalue weighted by Gasteiger charge is 2.14. The average Bonchev–Trinajstić information content (AvgIpc) is 3.27. The van der Waals surface area contributed by atoms with Crippen molar-refractivity contribution in [2.75, 3.05) is 4.90 Å². The van der Waals surface area contributed by atoms with Crippen molar-refractivity contribution in [1.29, 1.82) is 0 Å². The van der Waals surface area contributed by atoms with Crippen LogP contribution in [-0.4, -0.2) is 0 Å². The SMILES string of the molecule is Cc1c(-c2cccc(-c3ccc(N(c4ccccc4)c4ccccc4)cc3)c2)oc2ccccc12. The minimum atomic E-state index is 0.927. The molecule has 1 aromatic heterocycles. The Bertz CT molecular complexity index is 1540. The van der Waals surface area contributed by atoms with E-state index in [1.807, 2.05) is 24.3 Å². The van der Waals surface area contributed by atoms with Gasteiger partial charge in [-0.3, -0.25) is 0 Å². The second kappa shape index (κ2) is 9.00. The van der Waals surface area contributed by atoms with Gasteiger partial charge in [-0.1, -0.05) is 84.9 Å². The molecule has 0 bridgehead atoms. The van der Waals surface area contributed by atoms with E-state index in [-0.39, 0.29) is 0 Å². The Labute approximate surface area is 205 Å². The molecule has 0 saturated carbocycles. The molecule has 0 fully saturated rings. The van der Waals surface area contributed by atoms with Gasteiger partial charge in [0.05, 0.1) is 0 Å². The Morgan fingerprint density at radius 1 is 0.486 bits per heavy atom. The van der Waals surface area contributed by atoms with Gasteiger partial charge in [-0.2, -0.15) is 0 Å². The molecule has 6 aromatic rings. The number of aryl methyl sites for hydroxylation is 1. The van der Waals surface area contributed by atoms with Gasteiger partial charge in [-0.15, -0.1) is 0 Å². The summed E-state index contributed by atoms with van der Waals surface area (Å²) in [5.74, 6) is 0.934. The molecular weight excluding hydrogens is 426 g/mol. The molecule has 1 heterocycles. The molecule has 0 spiro atoms. The standard InChI is InChI=1S/C33H25NO/c1-24-31-17-8-9-18-32(31)35-33(24)27-12-10-11-26(23-27)25-19-21-30(22-20-25)34(28-13-4-2-5-14-28)29-15-6-3-7-16-29/h2-23H,1H3. The molecule has 0 aliphatic carbocycles. The van der Waals surface area contributed by atoms with Crippen molar-refractivity contribution in [3.05, 3.63) is 139 Å². The third-order valence-electron chi connectivity index (χ3n) is 6.46. The molecule has 168 valence electrons. The quantitative estimate of drug-likeness (QED) is 0.259. The van der Waals surface area contributed by atoms with Crippen LogP contribution in [0.25, 0.3) is 33.4 Å². The molecule has 0 saturated heterocycles. The minimum absolute atomic E-state index is 0.927. The van der Waals surface area contributed by atoms with Crippen LogP contribution in [0, 0.1) is 6.92 Å². The molecule has 0 N–H and O–H groups in total. The molecule has 0 radical (unpaired) electrons. The van der Waals surface area contributed by atoms with Crippen LogP contribution < -0.4 is 4.90 Å². The lowest BCUT2D eigenvalue weighted by Gasteiger charge is -2.25. The molecule has 35 heavy (non-hydrogen) atoms. The number of benzene rings is 5. The average molecular weight is 452 g/mol. The maximum atomic E-state index is 6.22. The Balaban J connectivity index is 1.37. The first kappa shape index (κ1) is 21.0. The molecule has 0 aliphatic heterocycles. The van der Waals surface area contributed by atoms with E-state index in [1.54, 1.807) is 0 Å². The van der Waals surface area contributed by atoms with Crippen molar-refractivity contribution in [3.63, 3.8) is 0 Å². The van der Waals surface area contributed by atoms with Crippen LogP contribution in [-0.2, 0) is 0 Å². The fourth-order valence-electron chi connectivity index (χ4n) is 4.69. The number of hydrogen-bond donors (Lipinski definition) is 0. The van der Waals surface area contributed by atoms with Crippen molar-refractivity contribution < 1.29 is 4.42 Å². The van der Waals surface area contributed by atoms with Crippen molar-refractivity contribution in [2.24, 2.45) is 0 Å². The smallest absolute Gasteiger partial charge is 0.138 e. The summed E-state index contributed by atoms with van der Waals surface area (Å²) < 4.78 is 6.22. The van der Waals surface area contributed by atoms with Crippen LogP contribution in [0.2, 0.25) is 0 Å². The molecule has 0 atom stereocenters. The topological polar surface area (TPSA) is 16.4 Å². The van der Waals surface area contributed by atoms with Gasteiger partial charge in [0.15, 0.2) is 0 Å². The first-order chi connectivity index (χ1) is 17.3. The zero-order valence-electron chi connectivity index (χ0n) is 19.6. The van der Waals surface area contributed by atoms with Crippen LogP contribution in [0.5, 0.6) is 0 Å². The summed E-state index contributed by atoms with van der Waals surface area (Å²) in [6.07, 6.45) is 0.